The molecule has 2 aromatic carbocycles. The van der Waals surface area contributed by atoms with Crippen molar-refractivity contribution in [3.8, 4) is 6.07 Å². The van der Waals surface area contributed by atoms with Crippen LogP contribution in [0.25, 0.3) is 0 Å². The molecule has 0 bridgehead atoms. The van der Waals surface area contributed by atoms with Crippen LogP contribution in [-0.4, -0.2) is 19.3 Å². The van der Waals surface area contributed by atoms with E-state index in [0.717, 1.165) is 37.2 Å². The van der Waals surface area contributed by atoms with E-state index < -0.39 is 0 Å². The number of nitriles is 1. The molecular weight excluding hydrogens is 317 g/mol. The van der Waals surface area contributed by atoms with E-state index in [-0.39, 0.29) is 12.4 Å². The predicted molar refractivity (Wildman–Crippen MR) is 96.0 cm³/mol. The van der Waals surface area contributed by atoms with Gasteiger partial charge in [0.2, 0.25) is 0 Å². The Balaban J connectivity index is 1.60. The lowest BCUT2D eigenvalue weighted by molar-refractivity contribution is 0.132. The normalized spacial score (nSPS) is 14.5. The van der Waals surface area contributed by atoms with Crippen LogP contribution in [0.5, 0.6) is 0 Å². The molecule has 0 spiro atoms. The molecule has 5 heteroatoms. The summed E-state index contributed by atoms with van der Waals surface area (Å²) >= 11 is 0. The highest BCUT2D eigenvalue weighted by molar-refractivity contribution is 5.80. The van der Waals surface area contributed by atoms with Gasteiger partial charge >= 0.3 is 0 Å². The standard InChI is InChI=1S/C20H20FN3O/c21-20-12-19(24-10-4-1-5-11-24)9-8-17(20)14-23-25-15-18-7-3-2-6-16(18)13-22/h2-3,6-9,12,14H,1,4-5,10-11,15H2/b23-14-. The van der Waals surface area contributed by atoms with Gasteiger partial charge in [-0.15, -0.1) is 0 Å². The molecule has 0 aliphatic carbocycles. The van der Waals surface area contributed by atoms with Crippen LogP contribution >= 0.6 is 0 Å². The SMILES string of the molecule is N#Cc1ccccc1CO/N=C\c1ccc(N2CCCCC2)cc1F. The first-order chi connectivity index (χ1) is 12.3. The Morgan fingerprint density at radius 2 is 1.96 bits per heavy atom. The topological polar surface area (TPSA) is 48.6 Å². The van der Waals surface area contributed by atoms with Crippen molar-refractivity contribution in [2.45, 2.75) is 25.9 Å². The van der Waals surface area contributed by atoms with E-state index in [0.29, 0.717) is 11.1 Å². The summed E-state index contributed by atoms with van der Waals surface area (Å²) in [4.78, 5) is 7.42. The van der Waals surface area contributed by atoms with E-state index in [1.165, 1.54) is 12.6 Å². The van der Waals surface area contributed by atoms with Crippen LogP contribution in [0.4, 0.5) is 10.1 Å². The number of benzene rings is 2. The summed E-state index contributed by atoms with van der Waals surface area (Å²) in [6.45, 7) is 2.14. The number of rotatable bonds is 5. The van der Waals surface area contributed by atoms with Gasteiger partial charge in [0, 0.05) is 29.9 Å². The largest absolute Gasteiger partial charge is 0.391 e. The summed E-state index contributed by atoms with van der Waals surface area (Å²) in [6, 6.07) is 14.5. The second kappa shape index (κ2) is 8.29. The van der Waals surface area contributed by atoms with Gasteiger partial charge in [-0.1, -0.05) is 23.4 Å². The minimum Gasteiger partial charge on any atom is -0.391 e. The molecule has 0 atom stereocenters. The zero-order valence-corrected chi connectivity index (χ0v) is 14.0. The summed E-state index contributed by atoms with van der Waals surface area (Å²) < 4.78 is 14.3. The summed E-state index contributed by atoms with van der Waals surface area (Å²) in [7, 11) is 0. The second-order valence-electron chi connectivity index (χ2n) is 6.03. The highest BCUT2D eigenvalue weighted by Gasteiger charge is 2.12. The second-order valence-corrected chi connectivity index (χ2v) is 6.03. The molecule has 0 aromatic heterocycles. The van der Waals surface area contributed by atoms with Gasteiger partial charge in [-0.3, -0.25) is 0 Å². The molecule has 1 fully saturated rings. The third-order valence-electron chi connectivity index (χ3n) is 4.33. The van der Waals surface area contributed by atoms with E-state index in [4.69, 9.17) is 10.1 Å². The Morgan fingerprint density at radius 3 is 2.72 bits per heavy atom. The molecule has 0 unspecified atom stereocenters. The van der Waals surface area contributed by atoms with Crippen LogP contribution in [0, 0.1) is 17.1 Å². The van der Waals surface area contributed by atoms with E-state index in [1.54, 1.807) is 24.3 Å². The van der Waals surface area contributed by atoms with Crippen molar-refractivity contribution in [1.29, 1.82) is 5.26 Å². The van der Waals surface area contributed by atoms with Crippen LogP contribution in [0.1, 0.15) is 36.0 Å². The zero-order chi connectivity index (χ0) is 17.5. The quantitative estimate of drug-likeness (QED) is 0.606. The van der Waals surface area contributed by atoms with Gasteiger partial charge in [-0.2, -0.15) is 5.26 Å². The van der Waals surface area contributed by atoms with Crippen LogP contribution in [0.15, 0.2) is 47.6 Å². The van der Waals surface area contributed by atoms with Gasteiger partial charge in [0.1, 0.15) is 12.4 Å². The van der Waals surface area contributed by atoms with Crippen molar-refractivity contribution in [2.75, 3.05) is 18.0 Å². The Labute approximate surface area is 147 Å². The minimum atomic E-state index is -0.312. The zero-order valence-electron chi connectivity index (χ0n) is 14.0. The molecule has 0 amide bonds. The van der Waals surface area contributed by atoms with Crippen molar-refractivity contribution in [1.82, 2.24) is 0 Å². The lowest BCUT2D eigenvalue weighted by Crippen LogP contribution is -2.29. The third kappa shape index (κ3) is 4.36. The minimum absolute atomic E-state index is 0.174. The molecule has 1 aliphatic rings. The van der Waals surface area contributed by atoms with Crippen LogP contribution in [0.3, 0.4) is 0 Å². The lowest BCUT2D eigenvalue weighted by Gasteiger charge is -2.28. The Bertz CT molecular complexity index is 792. The van der Waals surface area contributed by atoms with Gasteiger partial charge in [-0.25, -0.2) is 4.39 Å². The van der Waals surface area contributed by atoms with Gasteiger partial charge < -0.3 is 9.74 Å². The van der Waals surface area contributed by atoms with E-state index in [2.05, 4.69) is 16.1 Å². The number of hydrogen-bond acceptors (Lipinski definition) is 4. The number of piperidine rings is 1. The maximum absolute atomic E-state index is 14.3. The summed E-state index contributed by atoms with van der Waals surface area (Å²) in [6.07, 6.45) is 4.92. The number of oxime groups is 1. The van der Waals surface area contributed by atoms with E-state index in [9.17, 15) is 4.39 Å². The lowest BCUT2D eigenvalue weighted by atomic mass is 10.1. The molecule has 0 radical (unpaired) electrons. The fourth-order valence-electron chi connectivity index (χ4n) is 2.93. The first-order valence-corrected chi connectivity index (χ1v) is 8.46. The van der Waals surface area contributed by atoms with Crippen molar-refractivity contribution in [2.24, 2.45) is 5.16 Å². The fourth-order valence-corrected chi connectivity index (χ4v) is 2.93. The molecular formula is C20H20FN3O. The van der Waals surface area contributed by atoms with Gasteiger partial charge in [0.25, 0.3) is 0 Å². The molecule has 4 nitrogen and oxygen atoms in total. The Hall–Kier alpha value is -2.87. The highest BCUT2D eigenvalue weighted by Crippen LogP contribution is 2.22. The fraction of sp³-hybridized carbons (Fsp3) is 0.300. The van der Waals surface area contributed by atoms with Crippen LogP contribution < -0.4 is 4.90 Å². The van der Waals surface area contributed by atoms with Gasteiger partial charge in [-0.05, 0) is 43.5 Å². The molecule has 1 saturated heterocycles. The third-order valence-corrected chi connectivity index (χ3v) is 4.33. The van der Waals surface area contributed by atoms with Crippen molar-refractivity contribution < 1.29 is 9.23 Å². The predicted octanol–water partition coefficient (Wildman–Crippen LogP) is 4.24. The average Bonchev–Trinajstić information content (AvgIpc) is 2.67. The first-order valence-electron chi connectivity index (χ1n) is 8.46. The summed E-state index contributed by atoms with van der Waals surface area (Å²) in [5, 5.41) is 12.9. The van der Waals surface area contributed by atoms with Gasteiger partial charge in [0.15, 0.2) is 0 Å². The maximum Gasteiger partial charge on any atom is 0.143 e. The average molecular weight is 337 g/mol. The highest BCUT2D eigenvalue weighted by atomic mass is 19.1. The molecule has 0 N–H and O–H groups in total. The summed E-state index contributed by atoms with van der Waals surface area (Å²) in [5.41, 5.74) is 2.60. The smallest absolute Gasteiger partial charge is 0.143 e. The molecule has 128 valence electrons. The maximum atomic E-state index is 14.3. The number of hydrogen-bond donors (Lipinski definition) is 0. The number of nitrogens with zero attached hydrogens (tertiary/aromatic N) is 3. The van der Waals surface area contributed by atoms with E-state index >= 15 is 0 Å². The molecule has 1 heterocycles. The number of halogens is 1. The van der Waals surface area contributed by atoms with Gasteiger partial charge in [0.05, 0.1) is 17.8 Å². The molecule has 25 heavy (non-hydrogen) atoms. The molecule has 2 aromatic rings. The number of anilines is 1. The monoisotopic (exact) mass is 337 g/mol. The van der Waals surface area contributed by atoms with Crippen molar-refractivity contribution in [3.05, 3.63) is 65.0 Å². The van der Waals surface area contributed by atoms with Crippen molar-refractivity contribution in [3.63, 3.8) is 0 Å². The Kier molecular flexibility index (Phi) is 5.63. The van der Waals surface area contributed by atoms with Crippen molar-refractivity contribution >= 4 is 11.9 Å². The van der Waals surface area contributed by atoms with Crippen LogP contribution in [-0.2, 0) is 11.4 Å². The van der Waals surface area contributed by atoms with E-state index in [1.807, 2.05) is 18.2 Å². The molecule has 1 aliphatic heterocycles. The summed E-state index contributed by atoms with van der Waals surface area (Å²) in [5.74, 6) is -0.312. The first kappa shape index (κ1) is 17.0. The molecule has 3 rings (SSSR count). The molecule has 0 saturated carbocycles. The Morgan fingerprint density at radius 1 is 1.16 bits per heavy atom. The van der Waals surface area contributed by atoms with Crippen LogP contribution in [0.2, 0.25) is 0 Å².